The molecule has 0 aliphatic heterocycles. The maximum Gasteiger partial charge on any atom is 0.507 e. The van der Waals surface area contributed by atoms with Gasteiger partial charge in [-0.3, -0.25) is 0 Å². The Morgan fingerprint density at radius 2 is 1.36 bits per heavy atom. The van der Waals surface area contributed by atoms with Gasteiger partial charge in [0.2, 0.25) is 0 Å². The van der Waals surface area contributed by atoms with Gasteiger partial charge in [0, 0.05) is 0 Å². The molecule has 0 atom stereocenters. The molecule has 0 saturated heterocycles. The van der Waals surface area contributed by atoms with Crippen molar-refractivity contribution in [2.75, 3.05) is 0 Å². The summed E-state index contributed by atoms with van der Waals surface area (Å²) in [7, 11) is 0. The average Bonchev–Trinajstić information content (AvgIpc) is 1.81. The van der Waals surface area contributed by atoms with Gasteiger partial charge < -0.3 is 20.1 Å². The maximum absolute atomic E-state index is 9.91. The minimum absolute atomic E-state index is 1.86. The zero-order valence-electron chi connectivity index (χ0n) is 5.05. The number of hydrogen-bond acceptors (Lipinski definition) is 4. The third-order valence-electron chi connectivity index (χ3n) is 0.667. The lowest BCUT2D eigenvalue weighted by molar-refractivity contribution is -0.162. The Morgan fingerprint density at radius 1 is 1.00 bits per heavy atom. The smallest absolute Gasteiger partial charge is 0.478 e. The quantitative estimate of drug-likeness (QED) is 0.369. The monoisotopic (exact) mass is 164 g/mol. The highest BCUT2D eigenvalue weighted by Gasteiger charge is 2.29. The second kappa shape index (κ2) is 3.40. The highest BCUT2D eigenvalue weighted by molar-refractivity contribution is 5.97. The lowest BCUT2D eigenvalue weighted by atomic mass is 10.4. The largest absolute Gasteiger partial charge is 0.507 e. The van der Waals surface area contributed by atoms with E-state index >= 15 is 0 Å². The van der Waals surface area contributed by atoms with Gasteiger partial charge in [0.05, 0.1) is 0 Å². The van der Waals surface area contributed by atoms with Crippen LogP contribution in [0, 0.1) is 0 Å². The van der Waals surface area contributed by atoms with E-state index in [-0.39, 0.29) is 0 Å². The molecule has 0 aliphatic carbocycles. The van der Waals surface area contributed by atoms with Gasteiger partial charge in [0.15, 0.2) is 0 Å². The molecule has 0 aromatic rings. The van der Waals surface area contributed by atoms with Crippen LogP contribution in [-0.4, -0.2) is 39.5 Å². The zero-order chi connectivity index (χ0) is 9.02. The Hall–Kier alpha value is -1.79. The van der Waals surface area contributed by atoms with Crippen LogP contribution >= 0.6 is 0 Å². The number of rotatable bonds is 3. The number of hydrogen-bond donors (Lipinski definition) is 3. The fourth-order valence-electron chi connectivity index (χ4n) is 0.307. The van der Waals surface area contributed by atoms with Crippen molar-refractivity contribution in [3.63, 3.8) is 0 Å². The molecule has 0 radical (unpaired) electrons. The van der Waals surface area contributed by atoms with Crippen LogP contribution in [0.15, 0.2) is 0 Å². The van der Waals surface area contributed by atoms with E-state index in [0.717, 1.165) is 0 Å². The zero-order valence-corrected chi connectivity index (χ0v) is 5.05. The van der Waals surface area contributed by atoms with Crippen molar-refractivity contribution in [1.82, 2.24) is 0 Å². The standard InChI is InChI=1S/C4H4O7/c5-2(6)1(3(7)8)11-4(9)10/h1H,(H,5,6)(H,7,8)(H,9,10). The van der Waals surface area contributed by atoms with Gasteiger partial charge >= 0.3 is 18.1 Å². The summed E-state index contributed by atoms with van der Waals surface area (Å²) < 4.78 is 3.49. The molecule has 3 N–H and O–H groups in total. The summed E-state index contributed by atoms with van der Waals surface area (Å²) in [6, 6.07) is 0. The van der Waals surface area contributed by atoms with Crippen molar-refractivity contribution >= 4 is 18.1 Å². The molecule has 0 rings (SSSR count). The minimum atomic E-state index is -2.35. The fourth-order valence-corrected chi connectivity index (χ4v) is 0.307. The van der Waals surface area contributed by atoms with E-state index in [1.165, 1.54) is 0 Å². The van der Waals surface area contributed by atoms with Gasteiger partial charge in [0.25, 0.3) is 6.10 Å². The Bertz CT molecular complexity index is 181. The molecule has 7 nitrogen and oxygen atoms in total. The molecule has 0 aromatic carbocycles. The second-order valence-electron chi connectivity index (χ2n) is 1.44. The summed E-state index contributed by atoms with van der Waals surface area (Å²) >= 11 is 0. The molecule has 0 saturated carbocycles. The Morgan fingerprint density at radius 3 is 1.45 bits per heavy atom. The van der Waals surface area contributed by atoms with E-state index in [2.05, 4.69) is 4.74 Å². The Kier molecular flexibility index (Phi) is 2.84. The molecule has 0 heterocycles. The SMILES string of the molecule is O=C(O)OC(C(=O)O)C(=O)O. The fraction of sp³-hybridized carbons (Fsp3) is 0.250. The van der Waals surface area contributed by atoms with Gasteiger partial charge in [-0.25, -0.2) is 14.4 Å². The molecule has 7 heteroatoms. The van der Waals surface area contributed by atoms with Crippen molar-refractivity contribution < 1.29 is 34.4 Å². The highest BCUT2D eigenvalue weighted by atomic mass is 16.7. The van der Waals surface area contributed by atoms with Crippen LogP contribution in [0.2, 0.25) is 0 Å². The van der Waals surface area contributed by atoms with Gasteiger partial charge in [-0.2, -0.15) is 0 Å². The van der Waals surface area contributed by atoms with Crippen molar-refractivity contribution in [1.29, 1.82) is 0 Å². The summed E-state index contributed by atoms with van der Waals surface area (Å²) in [5.74, 6) is -3.72. The molecular weight excluding hydrogens is 160 g/mol. The van der Waals surface area contributed by atoms with Crippen LogP contribution in [0.5, 0.6) is 0 Å². The molecule has 0 spiro atoms. The minimum Gasteiger partial charge on any atom is -0.478 e. The number of ether oxygens (including phenoxy) is 1. The summed E-state index contributed by atoms with van der Waals surface area (Å²) in [6.45, 7) is 0. The van der Waals surface area contributed by atoms with E-state index in [4.69, 9.17) is 15.3 Å². The highest BCUT2D eigenvalue weighted by Crippen LogP contribution is 1.92. The van der Waals surface area contributed by atoms with Crippen LogP contribution in [0.25, 0.3) is 0 Å². The number of carboxylic acid groups (broad SMARTS) is 3. The van der Waals surface area contributed by atoms with E-state index in [9.17, 15) is 14.4 Å². The van der Waals surface area contributed by atoms with Crippen molar-refractivity contribution in [3.05, 3.63) is 0 Å². The molecule has 11 heavy (non-hydrogen) atoms. The van der Waals surface area contributed by atoms with Crippen molar-refractivity contribution in [2.24, 2.45) is 0 Å². The predicted molar refractivity (Wildman–Crippen MR) is 28.2 cm³/mol. The Balaban J connectivity index is 4.23. The second-order valence-corrected chi connectivity index (χ2v) is 1.44. The number of aliphatic carboxylic acids is 2. The third-order valence-corrected chi connectivity index (χ3v) is 0.667. The molecule has 0 fully saturated rings. The lowest BCUT2D eigenvalue weighted by Crippen LogP contribution is -2.34. The van der Waals surface area contributed by atoms with E-state index in [1.54, 1.807) is 0 Å². The van der Waals surface area contributed by atoms with Crippen LogP contribution in [0.3, 0.4) is 0 Å². The molecule has 0 aliphatic rings. The first-order valence-electron chi connectivity index (χ1n) is 2.30. The lowest BCUT2D eigenvalue weighted by Gasteiger charge is -2.04. The first-order valence-corrected chi connectivity index (χ1v) is 2.30. The number of carbonyl (C=O) groups is 3. The molecular formula is C4H4O7. The third kappa shape index (κ3) is 3.04. The van der Waals surface area contributed by atoms with Gasteiger partial charge in [-0.1, -0.05) is 0 Å². The van der Waals surface area contributed by atoms with E-state index < -0.39 is 24.2 Å². The van der Waals surface area contributed by atoms with Crippen LogP contribution < -0.4 is 0 Å². The number of carboxylic acids is 2. The topological polar surface area (TPSA) is 121 Å². The summed E-state index contributed by atoms with van der Waals surface area (Å²) in [6.07, 6.45) is -4.30. The molecule has 0 aromatic heterocycles. The maximum atomic E-state index is 9.91. The summed E-state index contributed by atoms with van der Waals surface area (Å²) in [5, 5.41) is 23.9. The van der Waals surface area contributed by atoms with E-state index in [1.807, 2.05) is 0 Å². The first-order chi connectivity index (χ1) is 4.95. The Labute approximate surface area is 59.8 Å². The summed E-state index contributed by atoms with van der Waals surface area (Å²) in [4.78, 5) is 29.5. The molecule has 0 amide bonds. The van der Waals surface area contributed by atoms with E-state index in [0.29, 0.717) is 0 Å². The first kappa shape index (κ1) is 9.21. The van der Waals surface area contributed by atoms with Crippen LogP contribution in [0.1, 0.15) is 0 Å². The summed E-state index contributed by atoms with van der Waals surface area (Å²) in [5.41, 5.74) is 0. The predicted octanol–water partition coefficient (Wildman–Crippen LogP) is -0.781. The average molecular weight is 164 g/mol. The normalized spacial score (nSPS) is 9.18. The van der Waals surface area contributed by atoms with Gasteiger partial charge in [0.1, 0.15) is 0 Å². The van der Waals surface area contributed by atoms with Crippen molar-refractivity contribution in [3.8, 4) is 0 Å². The van der Waals surface area contributed by atoms with Crippen LogP contribution in [0.4, 0.5) is 4.79 Å². The molecule has 62 valence electrons. The van der Waals surface area contributed by atoms with Crippen molar-refractivity contribution in [2.45, 2.75) is 6.10 Å². The van der Waals surface area contributed by atoms with Gasteiger partial charge in [-0.15, -0.1) is 0 Å². The van der Waals surface area contributed by atoms with Crippen LogP contribution in [-0.2, 0) is 14.3 Å². The van der Waals surface area contributed by atoms with Gasteiger partial charge in [-0.05, 0) is 0 Å². The molecule has 0 bridgehead atoms. The molecule has 0 unspecified atom stereocenters.